The Morgan fingerprint density at radius 2 is 1.86 bits per heavy atom. The lowest BCUT2D eigenvalue weighted by Crippen LogP contribution is -2.24. The predicted molar refractivity (Wildman–Crippen MR) is 82.8 cm³/mol. The van der Waals surface area contributed by atoms with Gasteiger partial charge in [0.05, 0.1) is 17.4 Å². The minimum absolute atomic E-state index is 0.0615. The maximum Gasteiger partial charge on any atom is 0.123 e. The molecule has 0 aliphatic carbocycles. The van der Waals surface area contributed by atoms with Crippen molar-refractivity contribution in [3.8, 4) is 0 Å². The zero-order valence-corrected chi connectivity index (χ0v) is 13.1. The van der Waals surface area contributed by atoms with Crippen LogP contribution < -0.4 is 5.32 Å². The Bertz CT molecular complexity index is 605. The third-order valence-corrected chi connectivity index (χ3v) is 3.48. The van der Waals surface area contributed by atoms with Crippen LogP contribution in [0.3, 0.4) is 0 Å². The van der Waals surface area contributed by atoms with Crippen LogP contribution in [0.2, 0.25) is 0 Å². The first-order valence-corrected chi connectivity index (χ1v) is 7.38. The fraction of sp³-hybridized carbons (Fsp3) is 0.412. The van der Waals surface area contributed by atoms with Gasteiger partial charge in [-0.3, -0.25) is 0 Å². The number of benzene rings is 1. The number of hydrogen-bond acceptors (Lipinski definition) is 3. The van der Waals surface area contributed by atoms with Crippen molar-refractivity contribution in [3.63, 3.8) is 0 Å². The normalized spacial score (nSPS) is 12.4. The van der Waals surface area contributed by atoms with E-state index in [1.807, 2.05) is 32.9 Å². The predicted octanol–water partition coefficient (Wildman–Crippen LogP) is 3.49. The van der Waals surface area contributed by atoms with Gasteiger partial charge in [-0.1, -0.05) is 19.9 Å². The van der Waals surface area contributed by atoms with E-state index in [4.69, 9.17) is 0 Å². The topological polar surface area (TPSA) is 37.8 Å². The Balaban J connectivity index is 2.55. The minimum atomic E-state index is -0.204. The maximum atomic E-state index is 13.8. The number of nitrogens with one attached hydrogen (secondary N) is 1. The highest BCUT2D eigenvalue weighted by atomic mass is 19.1. The Labute approximate surface area is 125 Å². The highest BCUT2D eigenvalue weighted by Gasteiger charge is 2.18. The second-order valence-electron chi connectivity index (χ2n) is 5.29. The standard InChI is InChI=1S/C17H22FN3/c1-5-16-15(9-12(4)20-21-16)17(19-6-2)13-7-11(3)8-14(18)10-13/h7-10,17,19H,5-6H2,1-4H3. The SMILES string of the molecule is CCNC(c1cc(C)cc(F)c1)c1cc(C)nnc1CC. The van der Waals surface area contributed by atoms with Crippen molar-refractivity contribution < 1.29 is 4.39 Å². The van der Waals surface area contributed by atoms with Gasteiger partial charge in [-0.25, -0.2) is 4.39 Å². The molecule has 0 aliphatic rings. The minimum Gasteiger partial charge on any atom is -0.306 e. The summed E-state index contributed by atoms with van der Waals surface area (Å²) in [6.07, 6.45) is 0.804. The number of aryl methyl sites for hydroxylation is 3. The lowest BCUT2D eigenvalue weighted by Gasteiger charge is -2.21. The van der Waals surface area contributed by atoms with Gasteiger partial charge in [0.1, 0.15) is 5.82 Å². The van der Waals surface area contributed by atoms with Crippen LogP contribution in [0.15, 0.2) is 24.3 Å². The lowest BCUT2D eigenvalue weighted by molar-refractivity contribution is 0.595. The summed E-state index contributed by atoms with van der Waals surface area (Å²) in [4.78, 5) is 0. The molecule has 1 aromatic heterocycles. The van der Waals surface area contributed by atoms with Crippen LogP contribution in [-0.2, 0) is 6.42 Å². The van der Waals surface area contributed by atoms with E-state index in [0.29, 0.717) is 0 Å². The molecule has 0 bridgehead atoms. The summed E-state index contributed by atoms with van der Waals surface area (Å²) < 4.78 is 13.8. The van der Waals surface area contributed by atoms with Crippen molar-refractivity contribution in [2.75, 3.05) is 6.54 Å². The van der Waals surface area contributed by atoms with E-state index < -0.39 is 0 Å². The molecule has 1 aromatic carbocycles. The summed E-state index contributed by atoms with van der Waals surface area (Å²) in [7, 11) is 0. The maximum absolute atomic E-state index is 13.8. The highest BCUT2D eigenvalue weighted by Crippen LogP contribution is 2.26. The van der Waals surface area contributed by atoms with Crippen molar-refractivity contribution in [1.82, 2.24) is 15.5 Å². The van der Waals surface area contributed by atoms with E-state index in [1.165, 1.54) is 0 Å². The molecule has 0 saturated heterocycles. The van der Waals surface area contributed by atoms with Crippen LogP contribution >= 0.6 is 0 Å². The molecule has 0 aliphatic heterocycles. The number of rotatable bonds is 5. The molecule has 3 nitrogen and oxygen atoms in total. The van der Waals surface area contributed by atoms with Crippen molar-refractivity contribution in [2.24, 2.45) is 0 Å². The van der Waals surface area contributed by atoms with E-state index in [0.717, 1.165) is 41.0 Å². The number of halogens is 1. The molecule has 2 rings (SSSR count). The van der Waals surface area contributed by atoms with Gasteiger partial charge in [-0.2, -0.15) is 10.2 Å². The van der Waals surface area contributed by atoms with Gasteiger partial charge in [-0.15, -0.1) is 0 Å². The summed E-state index contributed by atoms with van der Waals surface area (Å²) in [5.41, 5.74) is 4.75. The molecule has 1 N–H and O–H groups in total. The van der Waals surface area contributed by atoms with Crippen molar-refractivity contribution in [1.29, 1.82) is 0 Å². The summed E-state index contributed by atoms with van der Waals surface area (Å²) >= 11 is 0. The molecule has 2 aromatic rings. The van der Waals surface area contributed by atoms with Crippen molar-refractivity contribution >= 4 is 0 Å². The molecule has 0 radical (unpaired) electrons. The van der Waals surface area contributed by atoms with Gasteiger partial charge >= 0.3 is 0 Å². The molecule has 0 saturated carbocycles. The summed E-state index contributed by atoms with van der Waals surface area (Å²) in [6, 6.07) is 7.14. The third kappa shape index (κ3) is 3.64. The van der Waals surface area contributed by atoms with Gasteiger partial charge in [0, 0.05) is 0 Å². The summed E-state index contributed by atoms with van der Waals surface area (Å²) in [6.45, 7) is 8.74. The van der Waals surface area contributed by atoms with Crippen LogP contribution in [0, 0.1) is 19.7 Å². The molecule has 21 heavy (non-hydrogen) atoms. The first-order valence-electron chi connectivity index (χ1n) is 7.38. The van der Waals surface area contributed by atoms with E-state index in [1.54, 1.807) is 12.1 Å². The fourth-order valence-electron chi connectivity index (χ4n) is 2.60. The average molecular weight is 287 g/mol. The molecule has 0 fully saturated rings. The third-order valence-electron chi connectivity index (χ3n) is 3.48. The molecular formula is C17H22FN3. The number of nitrogens with zero attached hydrogens (tertiary/aromatic N) is 2. The summed E-state index contributed by atoms with van der Waals surface area (Å²) in [5, 5.41) is 11.9. The van der Waals surface area contributed by atoms with Gasteiger partial charge in [0.25, 0.3) is 0 Å². The molecular weight excluding hydrogens is 265 g/mol. The monoisotopic (exact) mass is 287 g/mol. The quantitative estimate of drug-likeness (QED) is 0.914. The molecule has 0 amide bonds. The van der Waals surface area contributed by atoms with Gasteiger partial charge in [-0.05, 0) is 61.7 Å². The first-order chi connectivity index (χ1) is 10.0. The van der Waals surface area contributed by atoms with Crippen LogP contribution in [0.25, 0.3) is 0 Å². The van der Waals surface area contributed by atoms with Crippen LogP contribution in [-0.4, -0.2) is 16.7 Å². The number of hydrogen-bond donors (Lipinski definition) is 1. The zero-order valence-electron chi connectivity index (χ0n) is 13.1. The van der Waals surface area contributed by atoms with Crippen LogP contribution in [0.1, 0.15) is 48.0 Å². The van der Waals surface area contributed by atoms with Gasteiger partial charge < -0.3 is 5.32 Å². The van der Waals surface area contributed by atoms with E-state index in [9.17, 15) is 4.39 Å². The van der Waals surface area contributed by atoms with Crippen LogP contribution in [0.4, 0.5) is 4.39 Å². The fourth-order valence-corrected chi connectivity index (χ4v) is 2.60. The van der Waals surface area contributed by atoms with Gasteiger partial charge in [0.2, 0.25) is 0 Å². The zero-order chi connectivity index (χ0) is 15.4. The van der Waals surface area contributed by atoms with Crippen molar-refractivity contribution in [2.45, 2.75) is 40.2 Å². The number of aromatic nitrogens is 2. The molecule has 1 unspecified atom stereocenters. The van der Waals surface area contributed by atoms with Crippen molar-refractivity contribution in [3.05, 3.63) is 58.2 Å². The smallest absolute Gasteiger partial charge is 0.123 e. The van der Waals surface area contributed by atoms with E-state index in [-0.39, 0.29) is 11.9 Å². The van der Waals surface area contributed by atoms with E-state index >= 15 is 0 Å². The molecule has 4 heteroatoms. The average Bonchev–Trinajstić information content (AvgIpc) is 2.43. The Morgan fingerprint density at radius 3 is 2.48 bits per heavy atom. The molecule has 112 valence electrons. The molecule has 1 atom stereocenters. The summed E-state index contributed by atoms with van der Waals surface area (Å²) in [5.74, 6) is -0.204. The second-order valence-corrected chi connectivity index (χ2v) is 5.29. The Morgan fingerprint density at radius 1 is 1.10 bits per heavy atom. The second kappa shape index (κ2) is 6.76. The Hall–Kier alpha value is -1.81. The molecule has 1 heterocycles. The van der Waals surface area contributed by atoms with Gasteiger partial charge in [0.15, 0.2) is 0 Å². The van der Waals surface area contributed by atoms with Crippen LogP contribution in [0.5, 0.6) is 0 Å². The largest absolute Gasteiger partial charge is 0.306 e. The van der Waals surface area contributed by atoms with E-state index in [2.05, 4.69) is 22.4 Å². The lowest BCUT2D eigenvalue weighted by atomic mass is 9.95. The Kier molecular flexibility index (Phi) is 5.02. The first kappa shape index (κ1) is 15.6. The highest BCUT2D eigenvalue weighted by molar-refractivity contribution is 5.37. The molecule has 0 spiro atoms.